The fourth-order valence-corrected chi connectivity index (χ4v) is 3.83. The summed E-state index contributed by atoms with van der Waals surface area (Å²) in [5, 5.41) is 12.4. The maximum atomic E-state index is 12.2. The number of hydroxylamine groups is 3. The Morgan fingerprint density at radius 2 is 2.15 bits per heavy atom. The summed E-state index contributed by atoms with van der Waals surface area (Å²) in [6.45, 7) is 1.64. The van der Waals surface area contributed by atoms with Gasteiger partial charge in [-0.3, -0.25) is 9.63 Å². The van der Waals surface area contributed by atoms with E-state index in [0.717, 1.165) is 4.90 Å². The minimum absolute atomic E-state index is 0.0932. The van der Waals surface area contributed by atoms with Gasteiger partial charge in [-0.05, 0) is 25.7 Å². The zero-order valence-corrected chi connectivity index (χ0v) is 14.8. The predicted molar refractivity (Wildman–Crippen MR) is 81.5 cm³/mol. The Balaban J connectivity index is 1.44. The Morgan fingerprint density at radius 1 is 1.42 bits per heavy atom. The first-order chi connectivity index (χ1) is 12.2. The summed E-state index contributed by atoms with van der Waals surface area (Å²) in [4.78, 5) is 30.7. The van der Waals surface area contributed by atoms with Gasteiger partial charge in [0.1, 0.15) is 19.1 Å². The number of carbonyl (C=O) groups is 2. The van der Waals surface area contributed by atoms with Crippen molar-refractivity contribution in [1.29, 1.82) is 0 Å². The summed E-state index contributed by atoms with van der Waals surface area (Å²) < 4.78 is 36.4. The second kappa shape index (κ2) is 7.25. The van der Waals surface area contributed by atoms with Crippen LogP contribution in [-0.4, -0.2) is 83.9 Å². The van der Waals surface area contributed by atoms with Gasteiger partial charge in [-0.2, -0.15) is 9.35 Å². The molecule has 2 bridgehead atoms. The van der Waals surface area contributed by atoms with E-state index in [-0.39, 0.29) is 13.2 Å². The maximum Gasteiger partial charge on any atom is 0.346 e. The van der Waals surface area contributed by atoms with E-state index in [0.29, 0.717) is 43.8 Å². The van der Waals surface area contributed by atoms with Crippen LogP contribution in [-0.2, 0) is 24.3 Å². The molecule has 0 saturated carbocycles. The van der Waals surface area contributed by atoms with Crippen molar-refractivity contribution in [1.82, 2.24) is 15.4 Å². The summed E-state index contributed by atoms with van der Waals surface area (Å²) in [5.74, 6) is -0.528. The highest BCUT2D eigenvalue weighted by atomic mass is 32.3. The molecule has 3 aliphatic rings. The van der Waals surface area contributed by atoms with Crippen LogP contribution in [0.1, 0.15) is 25.7 Å². The molecule has 0 aromatic heterocycles. The van der Waals surface area contributed by atoms with E-state index in [1.807, 2.05) is 5.32 Å². The minimum Gasteiger partial charge on any atom is -0.724 e. The first-order valence-corrected chi connectivity index (χ1v) is 9.73. The first-order valence-electron chi connectivity index (χ1n) is 8.39. The van der Waals surface area contributed by atoms with Crippen LogP contribution in [0.25, 0.3) is 0 Å². The number of nitrogens with two attached hydrogens (primary N) is 1. The molecular formula is C13H22N4O8S. The lowest BCUT2D eigenvalue weighted by Gasteiger charge is -2.33. The van der Waals surface area contributed by atoms with E-state index < -0.39 is 40.0 Å². The summed E-state index contributed by atoms with van der Waals surface area (Å²) in [6.07, 6.45) is 1.76. The molecule has 0 radical (unpaired) electrons. The van der Waals surface area contributed by atoms with E-state index in [2.05, 4.69) is 9.76 Å². The molecule has 3 heterocycles. The Morgan fingerprint density at radius 3 is 2.77 bits per heavy atom. The van der Waals surface area contributed by atoms with Crippen LogP contribution >= 0.6 is 0 Å². The van der Waals surface area contributed by atoms with Crippen LogP contribution in [0.15, 0.2) is 0 Å². The molecule has 0 aromatic rings. The first kappa shape index (κ1) is 19.3. The number of rotatable bonds is 8. The number of urea groups is 1. The number of quaternary nitrogens is 1. The standard InChI is InChI=1S/C13H22N4O8S/c18-11(15-24-5-1-4-13(20)7-14-8-13)10-3-2-9-6-16(10)12(19)17(9)25-26(21,22)23/h9-10,14,20H,1-8H2,(H,15,18)(H,21,22,23)/t9-,10+/m1/s1. The van der Waals surface area contributed by atoms with Crippen LogP contribution < -0.4 is 10.8 Å². The molecule has 3 aliphatic heterocycles. The molecule has 13 heteroatoms. The van der Waals surface area contributed by atoms with E-state index in [9.17, 15) is 27.7 Å². The number of nitrogens with one attached hydrogen (secondary N) is 1. The third-order valence-corrected chi connectivity index (χ3v) is 5.25. The number of fused-ring (bicyclic) bond motifs is 2. The van der Waals surface area contributed by atoms with Gasteiger partial charge in [0.25, 0.3) is 5.91 Å². The average Bonchev–Trinajstić information content (AvgIpc) is 2.76. The van der Waals surface area contributed by atoms with Crippen molar-refractivity contribution in [2.45, 2.75) is 43.4 Å². The Hall–Kier alpha value is -1.51. The van der Waals surface area contributed by atoms with Crippen LogP contribution in [0.3, 0.4) is 0 Å². The highest BCUT2D eigenvalue weighted by molar-refractivity contribution is 7.80. The molecule has 2 atom stereocenters. The molecule has 0 aliphatic carbocycles. The van der Waals surface area contributed by atoms with Gasteiger partial charge in [-0.1, -0.05) is 0 Å². The van der Waals surface area contributed by atoms with Crippen molar-refractivity contribution in [2.75, 3.05) is 26.2 Å². The third kappa shape index (κ3) is 4.24. The van der Waals surface area contributed by atoms with E-state index in [4.69, 9.17) is 4.84 Å². The summed E-state index contributed by atoms with van der Waals surface area (Å²) >= 11 is 0. The monoisotopic (exact) mass is 394 g/mol. The fourth-order valence-electron chi connectivity index (χ4n) is 3.45. The SMILES string of the molecule is O=C(NOCCCC1(O)C[NH2+]C1)[C@@H]1CC[C@@H]2CN1C(=O)N2OS(=O)(=O)[O-]. The molecule has 3 rings (SSSR count). The lowest BCUT2D eigenvalue weighted by atomic mass is 9.92. The van der Waals surface area contributed by atoms with E-state index in [1.54, 1.807) is 0 Å². The van der Waals surface area contributed by atoms with Crippen molar-refractivity contribution >= 4 is 22.3 Å². The normalized spacial score (nSPS) is 27.4. The Bertz CT molecular complexity index is 667. The molecule has 12 nitrogen and oxygen atoms in total. The predicted octanol–water partition coefficient (Wildman–Crippen LogP) is -3.22. The fraction of sp³-hybridized carbons (Fsp3) is 0.846. The van der Waals surface area contributed by atoms with Crippen LogP contribution in [0, 0.1) is 0 Å². The van der Waals surface area contributed by atoms with E-state index in [1.165, 1.54) is 0 Å². The van der Waals surface area contributed by atoms with Crippen LogP contribution in [0.4, 0.5) is 4.79 Å². The molecule has 3 fully saturated rings. The second-order valence-electron chi connectivity index (χ2n) is 6.83. The second-order valence-corrected chi connectivity index (χ2v) is 7.80. The Kier molecular flexibility index (Phi) is 5.37. The van der Waals surface area contributed by atoms with Gasteiger partial charge in [0, 0.05) is 6.54 Å². The van der Waals surface area contributed by atoms with Gasteiger partial charge in [-0.25, -0.2) is 18.7 Å². The number of hydrogen-bond donors (Lipinski definition) is 3. The smallest absolute Gasteiger partial charge is 0.346 e. The van der Waals surface area contributed by atoms with Gasteiger partial charge >= 0.3 is 6.03 Å². The summed E-state index contributed by atoms with van der Waals surface area (Å²) in [6, 6.07) is -2.25. The molecule has 148 valence electrons. The lowest BCUT2D eigenvalue weighted by Crippen LogP contribution is -3.02. The molecule has 26 heavy (non-hydrogen) atoms. The quantitative estimate of drug-likeness (QED) is 0.167. The van der Waals surface area contributed by atoms with Crippen molar-refractivity contribution in [2.24, 2.45) is 0 Å². The summed E-state index contributed by atoms with van der Waals surface area (Å²) in [7, 11) is -5.07. The van der Waals surface area contributed by atoms with Crippen molar-refractivity contribution in [3.8, 4) is 0 Å². The maximum absolute atomic E-state index is 12.2. The number of nitrogens with zero attached hydrogens (tertiary/aromatic N) is 2. The largest absolute Gasteiger partial charge is 0.724 e. The number of piperidine rings is 1. The van der Waals surface area contributed by atoms with Gasteiger partial charge in [0.15, 0.2) is 5.60 Å². The van der Waals surface area contributed by atoms with Crippen LogP contribution in [0.2, 0.25) is 0 Å². The molecule has 0 aromatic carbocycles. The van der Waals surface area contributed by atoms with Crippen molar-refractivity contribution < 1.29 is 42.1 Å². The Labute approximate surface area is 150 Å². The molecule has 3 amide bonds. The highest BCUT2D eigenvalue weighted by Gasteiger charge is 2.48. The number of amides is 3. The topological polar surface area (TPSA) is 165 Å². The lowest BCUT2D eigenvalue weighted by molar-refractivity contribution is -0.742. The van der Waals surface area contributed by atoms with Gasteiger partial charge in [0.05, 0.1) is 12.6 Å². The number of aliphatic hydroxyl groups is 1. The summed E-state index contributed by atoms with van der Waals surface area (Å²) in [5.41, 5.74) is 1.63. The molecular weight excluding hydrogens is 372 g/mol. The molecule has 3 saturated heterocycles. The third-order valence-electron chi connectivity index (χ3n) is 4.91. The minimum atomic E-state index is -5.07. The average molecular weight is 394 g/mol. The van der Waals surface area contributed by atoms with Crippen molar-refractivity contribution in [3.63, 3.8) is 0 Å². The van der Waals surface area contributed by atoms with Gasteiger partial charge < -0.3 is 19.9 Å². The number of carbonyl (C=O) groups excluding carboxylic acids is 2. The zero-order valence-electron chi connectivity index (χ0n) is 14.0. The molecule has 4 N–H and O–H groups in total. The highest BCUT2D eigenvalue weighted by Crippen LogP contribution is 2.30. The number of hydrogen-bond acceptors (Lipinski definition) is 8. The molecule has 0 spiro atoms. The van der Waals surface area contributed by atoms with Gasteiger partial charge in [0.2, 0.25) is 10.4 Å². The zero-order chi connectivity index (χ0) is 18.9. The van der Waals surface area contributed by atoms with Gasteiger partial charge in [-0.15, -0.1) is 0 Å². The van der Waals surface area contributed by atoms with Crippen molar-refractivity contribution in [3.05, 3.63) is 0 Å². The van der Waals surface area contributed by atoms with Crippen LogP contribution in [0.5, 0.6) is 0 Å². The van der Waals surface area contributed by atoms with E-state index >= 15 is 0 Å². The molecule has 0 unspecified atom stereocenters.